The molecule has 0 spiro atoms. The number of ketones is 1. The standard InChI is InChI=1S/C20H30O3/c1-12(2)6-5-7-13(3)15-11-16(21)19-14-10-18(22)23-17(14)8-9-20(15,19)4/h6,13-15,17,19H,5,7-11H2,1-4H3/t13-,14+,15-,17+,19+,20-/m1/s1/i13+1. The molecule has 0 aromatic carbocycles. The van der Waals surface area contributed by atoms with Crippen molar-refractivity contribution in [2.24, 2.45) is 29.1 Å². The van der Waals surface area contributed by atoms with Crippen LogP contribution in [0.5, 0.6) is 0 Å². The van der Waals surface area contributed by atoms with Crippen molar-refractivity contribution in [1.82, 2.24) is 0 Å². The molecule has 3 fully saturated rings. The summed E-state index contributed by atoms with van der Waals surface area (Å²) in [6.45, 7) is 8.90. The van der Waals surface area contributed by atoms with Gasteiger partial charge >= 0.3 is 5.97 Å². The number of carbonyl (C=O) groups is 2. The van der Waals surface area contributed by atoms with Gasteiger partial charge in [-0.15, -0.1) is 0 Å². The lowest BCUT2D eigenvalue weighted by atomic mass is 9.60. The van der Waals surface area contributed by atoms with Gasteiger partial charge in [-0.1, -0.05) is 25.5 Å². The lowest BCUT2D eigenvalue weighted by Crippen LogP contribution is -2.44. The summed E-state index contributed by atoms with van der Waals surface area (Å²) in [5.74, 6) is 1.49. The Morgan fingerprint density at radius 2 is 2.09 bits per heavy atom. The van der Waals surface area contributed by atoms with Gasteiger partial charge < -0.3 is 4.74 Å². The SMILES string of the molecule is CC(C)=CCC[13C@@H](C)[C@H]1CC(=O)[C@@H]2[C@H]3CC(=O)O[C@H]3CC[C@@]21C. The highest BCUT2D eigenvalue weighted by atomic mass is 16.5. The van der Waals surface area contributed by atoms with Crippen LogP contribution in [0.3, 0.4) is 0 Å². The number of hydrogen-bond donors (Lipinski definition) is 0. The quantitative estimate of drug-likeness (QED) is 0.441. The van der Waals surface area contributed by atoms with E-state index in [0.29, 0.717) is 30.5 Å². The normalized spacial score (nSPS) is 40.3. The molecule has 0 unspecified atom stereocenters. The second-order valence-corrected chi connectivity index (χ2v) is 8.53. The number of esters is 1. The van der Waals surface area contributed by atoms with Gasteiger partial charge in [0.05, 0.1) is 6.42 Å². The maximum atomic E-state index is 12.8. The minimum atomic E-state index is -0.0999. The summed E-state index contributed by atoms with van der Waals surface area (Å²) < 4.78 is 5.45. The highest BCUT2D eigenvalue weighted by Crippen LogP contribution is 2.60. The lowest BCUT2D eigenvalue weighted by Gasteiger charge is -2.45. The van der Waals surface area contributed by atoms with E-state index in [2.05, 4.69) is 33.8 Å². The van der Waals surface area contributed by atoms with Crippen molar-refractivity contribution >= 4 is 11.8 Å². The highest BCUT2D eigenvalue weighted by molar-refractivity contribution is 5.86. The van der Waals surface area contributed by atoms with Crippen LogP contribution in [-0.2, 0) is 14.3 Å². The van der Waals surface area contributed by atoms with Crippen LogP contribution >= 0.6 is 0 Å². The summed E-state index contributed by atoms with van der Waals surface area (Å²) in [5, 5.41) is 0. The Morgan fingerprint density at radius 3 is 2.78 bits per heavy atom. The fraction of sp³-hybridized carbons (Fsp3) is 0.800. The molecule has 0 aromatic heterocycles. The summed E-state index contributed by atoms with van der Waals surface area (Å²) in [7, 11) is 0. The number of allylic oxidation sites excluding steroid dienone is 2. The van der Waals surface area contributed by atoms with Crippen molar-refractivity contribution in [2.75, 3.05) is 0 Å². The molecule has 0 bridgehead atoms. The van der Waals surface area contributed by atoms with Crippen LogP contribution in [0.1, 0.15) is 66.2 Å². The van der Waals surface area contributed by atoms with Gasteiger partial charge in [0.15, 0.2) is 0 Å². The molecule has 2 saturated carbocycles. The second kappa shape index (κ2) is 6.07. The van der Waals surface area contributed by atoms with Crippen LogP contribution < -0.4 is 0 Å². The van der Waals surface area contributed by atoms with Gasteiger partial charge in [-0.05, 0) is 56.8 Å². The molecule has 1 heterocycles. The summed E-state index contributed by atoms with van der Waals surface area (Å²) in [4.78, 5) is 24.5. The Kier molecular flexibility index (Phi) is 4.41. The Bertz CT molecular complexity index is 531. The van der Waals surface area contributed by atoms with Crippen molar-refractivity contribution < 1.29 is 14.3 Å². The van der Waals surface area contributed by atoms with E-state index in [1.54, 1.807) is 0 Å². The highest BCUT2D eigenvalue weighted by Gasteiger charge is 2.61. The first kappa shape index (κ1) is 16.7. The third-order valence-electron chi connectivity index (χ3n) is 6.75. The molecule has 0 aromatic rings. The molecule has 1 aliphatic heterocycles. The largest absolute Gasteiger partial charge is 0.462 e. The van der Waals surface area contributed by atoms with Gasteiger partial charge in [-0.2, -0.15) is 0 Å². The second-order valence-electron chi connectivity index (χ2n) is 8.53. The Balaban J connectivity index is 1.76. The Morgan fingerprint density at radius 1 is 1.35 bits per heavy atom. The van der Waals surface area contributed by atoms with Gasteiger partial charge in [-0.3, -0.25) is 9.59 Å². The molecule has 1 saturated heterocycles. The summed E-state index contributed by atoms with van der Waals surface area (Å²) in [6.07, 6.45) is 7.67. The first-order valence-electron chi connectivity index (χ1n) is 9.18. The third-order valence-corrected chi connectivity index (χ3v) is 6.75. The van der Waals surface area contributed by atoms with Crippen molar-refractivity contribution in [3.63, 3.8) is 0 Å². The van der Waals surface area contributed by atoms with E-state index in [-0.39, 0.29) is 29.3 Å². The lowest BCUT2D eigenvalue weighted by molar-refractivity contribution is -0.144. The first-order valence-corrected chi connectivity index (χ1v) is 9.18. The van der Waals surface area contributed by atoms with Gasteiger partial charge in [0.1, 0.15) is 11.9 Å². The van der Waals surface area contributed by atoms with E-state index in [1.807, 2.05) is 0 Å². The summed E-state index contributed by atoms with van der Waals surface area (Å²) in [6, 6.07) is 0. The number of fused-ring (bicyclic) bond motifs is 3. The number of ether oxygens (including phenoxy) is 1. The molecule has 128 valence electrons. The zero-order valence-electron chi connectivity index (χ0n) is 14.9. The smallest absolute Gasteiger partial charge is 0.306 e. The molecule has 2 aliphatic carbocycles. The van der Waals surface area contributed by atoms with Gasteiger partial charge in [0.2, 0.25) is 0 Å². The Hall–Kier alpha value is -1.12. The van der Waals surface area contributed by atoms with Crippen LogP contribution in [0.4, 0.5) is 0 Å². The predicted octanol–water partition coefficient (Wildman–Crippen LogP) is 4.31. The molecule has 0 radical (unpaired) electrons. The van der Waals surface area contributed by atoms with Crippen molar-refractivity contribution in [1.29, 1.82) is 0 Å². The molecule has 0 amide bonds. The molecule has 6 atom stereocenters. The van der Waals surface area contributed by atoms with E-state index < -0.39 is 0 Å². The fourth-order valence-corrected chi connectivity index (χ4v) is 5.62. The zero-order valence-corrected chi connectivity index (χ0v) is 14.9. The number of carbonyl (C=O) groups excluding carboxylic acids is 2. The fourth-order valence-electron chi connectivity index (χ4n) is 5.62. The van der Waals surface area contributed by atoms with E-state index >= 15 is 0 Å². The molecule has 3 rings (SSSR count). The summed E-state index contributed by atoms with van der Waals surface area (Å²) >= 11 is 0. The van der Waals surface area contributed by atoms with Gasteiger partial charge in [0, 0.05) is 18.3 Å². The minimum absolute atomic E-state index is 0.00394. The average Bonchev–Trinajstić information content (AvgIpc) is 2.95. The number of rotatable bonds is 4. The molecular formula is C20H30O3. The molecule has 23 heavy (non-hydrogen) atoms. The minimum Gasteiger partial charge on any atom is -0.462 e. The van der Waals surface area contributed by atoms with Crippen LogP contribution in [0.15, 0.2) is 11.6 Å². The molecular weight excluding hydrogens is 289 g/mol. The average molecular weight is 319 g/mol. The Labute approximate surface area is 139 Å². The van der Waals surface area contributed by atoms with Crippen LogP contribution in [0, 0.1) is 29.1 Å². The van der Waals surface area contributed by atoms with Crippen molar-refractivity contribution in [3.8, 4) is 0 Å². The predicted molar refractivity (Wildman–Crippen MR) is 89.8 cm³/mol. The zero-order chi connectivity index (χ0) is 16.8. The topological polar surface area (TPSA) is 43.4 Å². The van der Waals surface area contributed by atoms with E-state index in [0.717, 1.165) is 25.7 Å². The van der Waals surface area contributed by atoms with Crippen molar-refractivity contribution in [2.45, 2.75) is 72.3 Å². The van der Waals surface area contributed by atoms with Crippen LogP contribution in [0.2, 0.25) is 0 Å². The first-order chi connectivity index (χ1) is 10.8. The van der Waals surface area contributed by atoms with Gasteiger partial charge in [0.25, 0.3) is 0 Å². The summed E-state index contributed by atoms with van der Waals surface area (Å²) in [5.41, 5.74) is 1.43. The van der Waals surface area contributed by atoms with Crippen LogP contribution in [-0.4, -0.2) is 17.9 Å². The maximum absolute atomic E-state index is 12.8. The third kappa shape index (κ3) is 2.88. The molecule has 0 N–H and O–H groups in total. The molecule has 3 nitrogen and oxygen atoms in total. The maximum Gasteiger partial charge on any atom is 0.306 e. The van der Waals surface area contributed by atoms with E-state index in [1.165, 1.54) is 5.57 Å². The van der Waals surface area contributed by atoms with Crippen molar-refractivity contribution in [3.05, 3.63) is 11.6 Å². The van der Waals surface area contributed by atoms with Gasteiger partial charge in [-0.25, -0.2) is 0 Å². The number of Topliss-reactive ketones (excluding diaryl/α,β-unsaturated/α-hetero) is 1. The molecule has 3 heteroatoms. The van der Waals surface area contributed by atoms with E-state index in [4.69, 9.17) is 4.74 Å². The van der Waals surface area contributed by atoms with Crippen LogP contribution in [0.25, 0.3) is 0 Å². The number of hydrogen-bond acceptors (Lipinski definition) is 3. The van der Waals surface area contributed by atoms with E-state index in [9.17, 15) is 9.59 Å². The monoisotopic (exact) mass is 319 g/mol. The molecule has 3 aliphatic rings.